The van der Waals surface area contributed by atoms with Crippen molar-refractivity contribution in [1.29, 1.82) is 0 Å². The van der Waals surface area contributed by atoms with Crippen LogP contribution in [0, 0.1) is 0 Å². The Balaban J connectivity index is 2.33. The number of aromatic nitrogens is 6. The highest BCUT2D eigenvalue weighted by molar-refractivity contribution is 5.14. The molecule has 2 heterocycles. The molecule has 0 saturated heterocycles. The Kier molecular flexibility index (Phi) is 1.78. The number of H-pyrrole nitrogens is 1. The Labute approximate surface area is 73.9 Å². The SMILES string of the molecule is Cn1nncc1C(N)c1cn[nH]n1. The van der Waals surface area contributed by atoms with Gasteiger partial charge in [-0.3, -0.25) is 4.68 Å². The number of nitrogens with two attached hydrogens (primary N) is 1. The van der Waals surface area contributed by atoms with E-state index in [9.17, 15) is 0 Å². The molecular weight excluding hydrogens is 170 g/mol. The third-order valence-electron chi connectivity index (χ3n) is 1.82. The van der Waals surface area contributed by atoms with Crippen LogP contribution in [-0.2, 0) is 7.05 Å². The minimum Gasteiger partial charge on any atom is -0.318 e. The Bertz CT molecular complexity index is 375. The number of nitrogens with one attached hydrogen (secondary N) is 1. The summed E-state index contributed by atoms with van der Waals surface area (Å²) in [6.45, 7) is 0. The predicted octanol–water partition coefficient (Wildman–Crippen LogP) is -1.02. The molecule has 3 N–H and O–H groups in total. The lowest BCUT2D eigenvalue weighted by atomic mass is 10.2. The molecule has 2 aromatic heterocycles. The normalized spacial score (nSPS) is 13.1. The summed E-state index contributed by atoms with van der Waals surface area (Å²) in [6, 6.07) is -0.334. The summed E-state index contributed by atoms with van der Waals surface area (Å²) in [4.78, 5) is 0. The van der Waals surface area contributed by atoms with E-state index in [1.54, 1.807) is 24.1 Å². The van der Waals surface area contributed by atoms with E-state index in [-0.39, 0.29) is 6.04 Å². The standard InChI is InChI=1S/C6H9N7/c1-13-5(3-9-12-13)6(7)4-2-8-11-10-4/h2-3,6H,7H2,1H3,(H,8,10,11). The van der Waals surface area contributed by atoms with Gasteiger partial charge in [-0.15, -0.1) is 5.10 Å². The predicted molar refractivity (Wildman–Crippen MR) is 43.4 cm³/mol. The zero-order valence-electron chi connectivity index (χ0n) is 7.05. The van der Waals surface area contributed by atoms with Crippen molar-refractivity contribution in [3.05, 3.63) is 23.8 Å². The number of rotatable bonds is 2. The van der Waals surface area contributed by atoms with E-state index in [1.807, 2.05) is 0 Å². The molecule has 0 radical (unpaired) electrons. The maximum Gasteiger partial charge on any atom is 0.105 e. The average molecular weight is 179 g/mol. The van der Waals surface area contributed by atoms with Crippen molar-refractivity contribution in [2.45, 2.75) is 6.04 Å². The summed E-state index contributed by atoms with van der Waals surface area (Å²) in [5, 5.41) is 17.6. The van der Waals surface area contributed by atoms with Crippen molar-refractivity contribution in [2.24, 2.45) is 12.8 Å². The number of aryl methyl sites for hydroxylation is 1. The molecule has 0 aliphatic rings. The van der Waals surface area contributed by atoms with Crippen LogP contribution in [0.2, 0.25) is 0 Å². The van der Waals surface area contributed by atoms with Gasteiger partial charge in [0.15, 0.2) is 0 Å². The quantitative estimate of drug-likeness (QED) is 0.615. The summed E-state index contributed by atoms with van der Waals surface area (Å²) in [7, 11) is 1.78. The fourth-order valence-corrected chi connectivity index (χ4v) is 1.09. The van der Waals surface area contributed by atoms with Gasteiger partial charge in [-0.05, 0) is 0 Å². The molecule has 0 aromatic carbocycles. The second kappa shape index (κ2) is 2.94. The first-order valence-electron chi connectivity index (χ1n) is 3.75. The molecule has 0 aliphatic carbocycles. The molecular formula is C6H9N7. The van der Waals surface area contributed by atoms with Crippen molar-refractivity contribution in [1.82, 2.24) is 30.4 Å². The number of aromatic amines is 1. The van der Waals surface area contributed by atoms with E-state index >= 15 is 0 Å². The molecule has 2 rings (SSSR count). The molecule has 0 saturated carbocycles. The third kappa shape index (κ3) is 1.29. The zero-order chi connectivity index (χ0) is 9.26. The fourth-order valence-electron chi connectivity index (χ4n) is 1.09. The van der Waals surface area contributed by atoms with Gasteiger partial charge in [0.1, 0.15) is 5.69 Å². The average Bonchev–Trinajstić information content (AvgIpc) is 2.72. The largest absolute Gasteiger partial charge is 0.318 e. The van der Waals surface area contributed by atoms with E-state index < -0.39 is 0 Å². The van der Waals surface area contributed by atoms with Gasteiger partial charge >= 0.3 is 0 Å². The summed E-state index contributed by atoms with van der Waals surface area (Å²) in [5.74, 6) is 0. The minimum atomic E-state index is -0.334. The molecule has 13 heavy (non-hydrogen) atoms. The van der Waals surface area contributed by atoms with Crippen molar-refractivity contribution in [3.8, 4) is 0 Å². The van der Waals surface area contributed by atoms with Crippen LogP contribution in [0.1, 0.15) is 17.4 Å². The Hall–Kier alpha value is -1.76. The summed E-state index contributed by atoms with van der Waals surface area (Å²) in [6.07, 6.45) is 3.19. The van der Waals surface area contributed by atoms with E-state index in [0.29, 0.717) is 5.69 Å². The molecule has 7 heteroatoms. The van der Waals surface area contributed by atoms with Crippen molar-refractivity contribution in [3.63, 3.8) is 0 Å². The number of hydrogen-bond donors (Lipinski definition) is 2. The van der Waals surface area contributed by atoms with E-state index in [1.165, 1.54) is 0 Å². The van der Waals surface area contributed by atoms with Crippen LogP contribution in [0.4, 0.5) is 0 Å². The van der Waals surface area contributed by atoms with Gasteiger partial charge in [-0.1, -0.05) is 5.21 Å². The first-order valence-corrected chi connectivity index (χ1v) is 3.75. The van der Waals surface area contributed by atoms with Gasteiger partial charge in [0, 0.05) is 7.05 Å². The molecule has 0 aliphatic heterocycles. The highest BCUT2D eigenvalue weighted by atomic mass is 15.4. The van der Waals surface area contributed by atoms with Gasteiger partial charge < -0.3 is 5.73 Å². The van der Waals surface area contributed by atoms with Crippen molar-refractivity contribution < 1.29 is 0 Å². The second-order valence-corrected chi connectivity index (χ2v) is 2.66. The fraction of sp³-hybridized carbons (Fsp3) is 0.333. The molecule has 68 valence electrons. The number of hydrogen-bond acceptors (Lipinski definition) is 5. The molecule has 1 unspecified atom stereocenters. The molecule has 0 bridgehead atoms. The van der Waals surface area contributed by atoms with Gasteiger partial charge in [-0.2, -0.15) is 15.4 Å². The van der Waals surface area contributed by atoms with Gasteiger partial charge in [0.2, 0.25) is 0 Å². The lowest BCUT2D eigenvalue weighted by Crippen LogP contribution is -2.16. The van der Waals surface area contributed by atoms with E-state index in [0.717, 1.165) is 5.69 Å². The Morgan fingerprint density at radius 2 is 2.38 bits per heavy atom. The maximum atomic E-state index is 5.88. The van der Waals surface area contributed by atoms with Crippen LogP contribution in [0.3, 0.4) is 0 Å². The van der Waals surface area contributed by atoms with Crippen LogP contribution in [0.15, 0.2) is 12.4 Å². The maximum absolute atomic E-state index is 5.88. The third-order valence-corrected chi connectivity index (χ3v) is 1.82. The van der Waals surface area contributed by atoms with Crippen LogP contribution < -0.4 is 5.73 Å². The van der Waals surface area contributed by atoms with Gasteiger partial charge in [0.25, 0.3) is 0 Å². The molecule has 1 atom stereocenters. The van der Waals surface area contributed by atoms with Crippen LogP contribution in [0.5, 0.6) is 0 Å². The Morgan fingerprint density at radius 3 is 2.92 bits per heavy atom. The Morgan fingerprint density at radius 1 is 1.54 bits per heavy atom. The van der Waals surface area contributed by atoms with Crippen molar-refractivity contribution >= 4 is 0 Å². The van der Waals surface area contributed by atoms with Crippen LogP contribution in [-0.4, -0.2) is 30.4 Å². The number of nitrogens with zero attached hydrogens (tertiary/aromatic N) is 5. The highest BCUT2D eigenvalue weighted by Crippen LogP contribution is 2.13. The second-order valence-electron chi connectivity index (χ2n) is 2.66. The van der Waals surface area contributed by atoms with Crippen molar-refractivity contribution in [2.75, 3.05) is 0 Å². The van der Waals surface area contributed by atoms with Crippen LogP contribution >= 0.6 is 0 Å². The van der Waals surface area contributed by atoms with Gasteiger partial charge in [0.05, 0.1) is 24.1 Å². The molecule has 0 amide bonds. The minimum absolute atomic E-state index is 0.334. The zero-order valence-corrected chi connectivity index (χ0v) is 7.05. The van der Waals surface area contributed by atoms with E-state index in [4.69, 9.17) is 5.73 Å². The highest BCUT2D eigenvalue weighted by Gasteiger charge is 2.15. The smallest absolute Gasteiger partial charge is 0.105 e. The topological polar surface area (TPSA) is 98.3 Å². The van der Waals surface area contributed by atoms with Gasteiger partial charge in [-0.25, -0.2) is 0 Å². The molecule has 0 fully saturated rings. The lowest BCUT2D eigenvalue weighted by Gasteiger charge is -2.06. The molecule has 2 aromatic rings. The molecule has 7 nitrogen and oxygen atoms in total. The summed E-state index contributed by atoms with van der Waals surface area (Å²) >= 11 is 0. The summed E-state index contributed by atoms with van der Waals surface area (Å²) in [5.41, 5.74) is 7.35. The molecule has 0 spiro atoms. The first-order chi connectivity index (χ1) is 6.29. The lowest BCUT2D eigenvalue weighted by molar-refractivity contribution is 0.643. The monoisotopic (exact) mass is 179 g/mol. The summed E-state index contributed by atoms with van der Waals surface area (Å²) < 4.78 is 1.61. The first kappa shape index (κ1) is 7.87. The van der Waals surface area contributed by atoms with Crippen LogP contribution in [0.25, 0.3) is 0 Å². The van der Waals surface area contributed by atoms with E-state index in [2.05, 4.69) is 25.7 Å².